The third-order valence-corrected chi connectivity index (χ3v) is 5.01. The molecule has 108 valence electrons. The van der Waals surface area contributed by atoms with Crippen molar-refractivity contribution in [1.82, 2.24) is 4.31 Å². The second kappa shape index (κ2) is 4.96. The van der Waals surface area contributed by atoms with Gasteiger partial charge in [-0.25, -0.2) is 17.1 Å². The Labute approximate surface area is 121 Å². The summed E-state index contributed by atoms with van der Waals surface area (Å²) < 4.78 is 38.5. The lowest BCUT2D eigenvalue weighted by Crippen LogP contribution is -2.41. The summed E-state index contributed by atoms with van der Waals surface area (Å²) in [6.45, 7) is -0.159. The standard InChI is InChI=1S/C15H12FNO3S/c16-13-6-3-4-11(8-13)9-17-15(18)14-7-2-1-5-12(14)10-21(17,19)20/h1-8H,9-10H2. The first kappa shape index (κ1) is 13.8. The second-order valence-corrected chi connectivity index (χ2v) is 6.75. The van der Waals surface area contributed by atoms with E-state index in [0.29, 0.717) is 16.7 Å². The molecular weight excluding hydrogens is 293 g/mol. The van der Waals surface area contributed by atoms with Crippen molar-refractivity contribution in [3.8, 4) is 0 Å². The monoisotopic (exact) mass is 305 g/mol. The Morgan fingerprint density at radius 1 is 1.10 bits per heavy atom. The quantitative estimate of drug-likeness (QED) is 0.855. The summed E-state index contributed by atoms with van der Waals surface area (Å²) in [7, 11) is -3.74. The Morgan fingerprint density at radius 2 is 1.86 bits per heavy atom. The molecule has 2 aromatic carbocycles. The molecular formula is C15H12FNO3S. The molecule has 0 unspecified atom stereocenters. The van der Waals surface area contributed by atoms with E-state index in [2.05, 4.69) is 0 Å². The lowest BCUT2D eigenvalue weighted by Gasteiger charge is -2.28. The van der Waals surface area contributed by atoms with E-state index < -0.39 is 21.7 Å². The molecule has 0 N–H and O–H groups in total. The van der Waals surface area contributed by atoms with Crippen LogP contribution in [-0.4, -0.2) is 18.6 Å². The number of hydrogen-bond donors (Lipinski definition) is 0. The van der Waals surface area contributed by atoms with Crippen molar-refractivity contribution in [1.29, 1.82) is 0 Å². The van der Waals surface area contributed by atoms with Gasteiger partial charge in [0.1, 0.15) is 5.82 Å². The van der Waals surface area contributed by atoms with E-state index in [1.165, 1.54) is 18.2 Å². The molecule has 1 aliphatic heterocycles. The number of amides is 1. The van der Waals surface area contributed by atoms with Gasteiger partial charge in [0.2, 0.25) is 10.0 Å². The van der Waals surface area contributed by atoms with Gasteiger partial charge in [-0.05, 0) is 29.3 Å². The molecule has 1 heterocycles. The Kier molecular flexibility index (Phi) is 3.25. The van der Waals surface area contributed by atoms with Crippen LogP contribution in [0.25, 0.3) is 0 Å². The summed E-state index contributed by atoms with van der Waals surface area (Å²) in [5.74, 6) is -1.25. The van der Waals surface area contributed by atoms with Crippen LogP contribution < -0.4 is 0 Å². The first-order chi connectivity index (χ1) is 9.97. The molecule has 0 fully saturated rings. The van der Waals surface area contributed by atoms with Crippen LogP contribution in [0.1, 0.15) is 21.5 Å². The Balaban J connectivity index is 2.00. The molecule has 0 spiro atoms. The maximum atomic E-state index is 13.2. The average Bonchev–Trinajstić information content (AvgIpc) is 2.43. The zero-order chi connectivity index (χ0) is 15.0. The number of rotatable bonds is 2. The molecule has 3 rings (SSSR count). The highest BCUT2D eigenvalue weighted by Crippen LogP contribution is 2.26. The number of halogens is 1. The van der Waals surface area contributed by atoms with Crippen molar-refractivity contribution in [2.24, 2.45) is 0 Å². The summed E-state index contributed by atoms with van der Waals surface area (Å²) in [5, 5.41) is 0. The Hall–Kier alpha value is -2.21. The zero-order valence-corrected chi connectivity index (χ0v) is 11.8. The third kappa shape index (κ3) is 2.54. The Bertz CT molecular complexity index is 817. The van der Waals surface area contributed by atoms with Crippen LogP contribution in [0.5, 0.6) is 0 Å². The molecule has 0 aliphatic carbocycles. The predicted molar refractivity (Wildman–Crippen MR) is 75.3 cm³/mol. The molecule has 0 saturated carbocycles. The lowest BCUT2D eigenvalue weighted by atomic mass is 10.1. The van der Waals surface area contributed by atoms with Crippen molar-refractivity contribution in [3.63, 3.8) is 0 Å². The molecule has 1 amide bonds. The van der Waals surface area contributed by atoms with Crippen molar-refractivity contribution >= 4 is 15.9 Å². The van der Waals surface area contributed by atoms with Crippen LogP contribution in [0, 0.1) is 5.82 Å². The normalized spacial score (nSPS) is 16.6. The van der Waals surface area contributed by atoms with Gasteiger partial charge in [0.15, 0.2) is 0 Å². The average molecular weight is 305 g/mol. The van der Waals surface area contributed by atoms with Gasteiger partial charge < -0.3 is 0 Å². The van der Waals surface area contributed by atoms with Gasteiger partial charge in [0.05, 0.1) is 12.3 Å². The fourth-order valence-electron chi connectivity index (χ4n) is 2.36. The van der Waals surface area contributed by atoms with Gasteiger partial charge >= 0.3 is 0 Å². The molecule has 0 bridgehead atoms. The van der Waals surface area contributed by atoms with Crippen LogP contribution in [-0.2, 0) is 22.3 Å². The molecule has 6 heteroatoms. The largest absolute Gasteiger partial charge is 0.268 e. The third-order valence-electron chi connectivity index (χ3n) is 3.36. The van der Waals surface area contributed by atoms with E-state index in [-0.39, 0.29) is 12.3 Å². The summed E-state index contributed by atoms with van der Waals surface area (Å²) in [6.07, 6.45) is 0. The second-order valence-electron chi connectivity index (χ2n) is 4.86. The molecule has 0 saturated heterocycles. The summed E-state index contributed by atoms with van der Waals surface area (Å²) >= 11 is 0. The van der Waals surface area contributed by atoms with Gasteiger partial charge in [-0.3, -0.25) is 4.79 Å². The maximum Gasteiger partial charge on any atom is 0.267 e. The van der Waals surface area contributed by atoms with Crippen molar-refractivity contribution in [2.75, 3.05) is 0 Å². The topological polar surface area (TPSA) is 54.5 Å². The summed E-state index contributed by atoms with van der Waals surface area (Å²) in [6, 6.07) is 12.2. The minimum Gasteiger partial charge on any atom is -0.268 e. The zero-order valence-electron chi connectivity index (χ0n) is 11.0. The fourth-order valence-corrected chi connectivity index (χ4v) is 3.86. The number of sulfonamides is 1. The molecule has 0 atom stereocenters. The van der Waals surface area contributed by atoms with Crippen LogP contribution in [0.3, 0.4) is 0 Å². The fraction of sp³-hybridized carbons (Fsp3) is 0.133. The van der Waals surface area contributed by atoms with Gasteiger partial charge in [-0.2, -0.15) is 0 Å². The number of carbonyl (C=O) groups excluding carboxylic acids is 1. The summed E-state index contributed by atoms with van der Waals surface area (Å²) in [4.78, 5) is 12.4. The number of benzene rings is 2. The van der Waals surface area contributed by atoms with Gasteiger partial charge in [-0.15, -0.1) is 0 Å². The first-order valence-corrected chi connectivity index (χ1v) is 7.95. The molecule has 2 aromatic rings. The molecule has 1 aliphatic rings. The lowest BCUT2D eigenvalue weighted by molar-refractivity contribution is 0.0849. The van der Waals surface area contributed by atoms with Crippen molar-refractivity contribution in [2.45, 2.75) is 12.3 Å². The molecule has 0 aromatic heterocycles. The van der Waals surface area contributed by atoms with Gasteiger partial charge in [-0.1, -0.05) is 30.3 Å². The van der Waals surface area contributed by atoms with E-state index >= 15 is 0 Å². The Morgan fingerprint density at radius 3 is 2.62 bits per heavy atom. The number of carbonyl (C=O) groups is 1. The van der Waals surface area contributed by atoms with E-state index in [1.807, 2.05) is 0 Å². The molecule has 21 heavy (non-hydrogen) atoms. The summed E-state index contributed by atoms with van der Waals surface area (Å²) in [5.41, 5.74) is 1.31. The van der Waals surface area contributed by atoms with E-state index in [4.69, 9.17) is 0 Å². The molecule has 0 radical (unpaired) electrons. The minimum absolute atomic E-state index is 0.159. The van der Waals surface area contributed by atoms with Crippen molar-refractivity contribution in [3.05, 3.63) is 71.0 Å². The van der Waals surface area contributed by atoms with Crippen LogP contribution in [0.4, 0.5) is 4.39 Å². The van der Waals surface area contributed by atoms with Crippen molar-refractivity contribution < 1.29 is 17.6 Å². The van der Waals surface area contributed by atoms with Crippen LogP contribution in [0.15, 0.2) is 48.5 Å². The molecule has 4 nitrogen and oxygen atoms in total. The predicted octanol–water partition coefficient (Wildman–Crippen LogP) is 2.31. The van der Waals surface area contributed by atoms with E-state index in [1.54, 1.807) is 30.3 Å². The number of hydrogen-bond acceptors (Lipinski definition) is 3. The van der Waals surface area contributed by atoms with Gasteiger partial charge in [0, 0.05) is 5.56 Å². The SMILES string of the molecule is O=C1c2ccccc2CS(=O)(=O)N1Cc1cccc(F)c1. The highest BCUT2D eigenvalue weighted by Gasteiger charge is 2.35. The smallest absolute Gasteiger partial charge is 0.267 e. The maximum absolute atomic E-state index is 13.2. The van der Waals surface area contributed by atoms with E-state index in [9.17, 15) is 17.6 Å². The highest BCUT2D eigenvalue weighted by atomic mass is 32.2. The minimum atomic E-state index is -3.74. The van der Waals surface area contributed by atoms with Crippen LogP contribution >= 0.6 is 0 Å². The first-order valence-electron chi connectivity index (χ1n) is 6.34. The van der Waals surface area contributed by atoms with E-state index in [0.717, 1.165) is 4.31 Å². The number of nitrogens with zero attached hydrogens (tertiary/aromatic N) is 1. The van der Waals surface area contributed by atoms with Crippen LogP contribution in [0.2, 0.25) is 0 Å². The number of fused-ring (bicyclic) bond motifs is 1. The highest BCUT2D eigenvalue weighted by molar-refractivity contribution is 7.89. The van der Waals surface area contributed by atoms with Gasteiger partial charge in [0.25, 0.3) is 5.91 Å².